The van der Waals surface area contributed by atoms with Gasteiger partial charge in [0.05, 0.1) is 0 Å². The smallest absolute Gasteiger partial charge is 0.423 e. The van der Waals surface area contributed by atoms with Gasteiger partial charge >= 0.3 is 6.09 Å². The highest BCUT2D eigenvalue weighted by molar-refractivity contribution is 5.79. The summed E-state index contributed by atoms with van der Waals surface area (Å²) in [6.45, 7) is 0.491. The minimum Gasteiger partial charge on any atom is -0.464 e. The van der Waals surface area contributed by atoms with Crippen LogP contribution in [0.25, 0.3) is 0 Å². The molecule has 5 nitrogen and oxygen atoms in total. The van der Waals surface area contributed by atoms with Crippen molar-refractivity contribution in [2.24, 2.45) is 0 Å². The summed E-state index contributed by atoms with van der Waals surface area (Å²) in [7, 11) is 0. The van der Waals surface area contributed by atoms with Crippen molar-refractivity contribution in [1.29, 1.82) is 0 Å². The number of piperidine rings is 1. The molecular formula is C6H10N2O3. The third kappa shape index (κ3) is 2.10. The van der Waals surface area contributed by atoms with E-state index in [9.17, 15) is 9.59 Å². The number of carbonyl (C=O) groups is 2. The van der Waals surface area contributed by atoms with Crippen LogP contribution in [0.15, 0.2) is 0 Å². The lowest BCUT2D eigenvalue weighted by Crippen LogP contribution is -2.47. The molecular weight excluding hydrogens is 148 g/mol. The Balaban J connectivity index is 2.42. The minimum atomic E-state index is -1.18. The summed E-state index contributed by atoms with van der Waals surface area (Å²) in [5, 5.41) is 9.42. The average molecular weight is 158 g/mol. The van der Waals surface area contributed by atoms with Gasteiger partial charge in [-0.1, -0.05) is 0 Å². The maximum atomic E-state index is 10.9. The van der Waals surface area contributed by atoms with Gasteiger partial charge in [-0.15, -0.1) is 0 Å². The minimum absolute atomic E-state index is 0.140. The highest BCUT2D eigenvalue weighted by Crippen LogP contribution is 2.07. The van der Waals surface area contributed by atoms with Crippen molar-refractivity contribution in [3.05, 3.63) is 0 Å². The monoisotopic (exact) mass is 158 g/mol. The summed E-state index contributed by atoms with van der Waals surface area (Å²) in [6, 6.07) is 0. The Morgan fingerprint density at radius 3 is 2.82 bits per heavy atom. The number of carboxylic acid groups (broad SMARTS) is 1. The van der Waals surface area contributed by atoms with E-state index in [1.165, 1.54) is 0 Å². The summed E-state index contributed by atoms with van der Waals surface area (Å²) in [4.78, 5) is 21.0. The number of hydrazine groups is 1. The molecule has 0 radical (unpaired) electrons. The Bertz CT molecular complexity index is 181. The van der Waals surface area contributed by atoms with Gasteiger partial charge in [0.2, 0.25) is 5.91 Å². The SMILES string of the molecule is O=C(O)NN1CCCCC1=O. The summed E-state index contributed by atoms with van der Waals surface area (Å²) < 4.78 is 0. The van der Waals surface area contributed by atoms with Crippen LogP contribution < -0.4 is 5.43 Å². The van der Waals surface area contributed by atoms with E-state index in [-0.39, 0.29) is 5.91 Å². The summed E-state index contributed by atoms with van der Waals surface area (Å²) >= 11 is 0. The lowest BCUT2D eigenvalue weighted by atomic mass is 10.1. The van der Waals surface area contributed by atoms with E-state index in [0.717, 1.165) is 17.9 Å². The molecule has 0 spiro atoms. The maximum absolute atomic E-state index is 10.9. The predicted octanol–water partition coefficient (Wildman–Crippen LogP) is 0.181. The predicted molar refractivity (Wildman–Crippen MR) is 36.7 cm³/mol. The first-order chi connectivity index (χ1) is 5.20. The fraction of sp³-hybridized carbons (Fsp3) is 0.667. The second-order valence-corrected chi connectivity index (χ2v) is 2.42. The van der Waals surface area contributed by atoms with Crippen molar-refractivity contribution < 1.29 is 14.7 Å². The largest absolute Gasteiger partial charge is 0.464 e. The third-order valence-corrected chi connectivity index (χ3v) is 1.55. The van der Waals surface area contributed by atoms with Gasteiger partial charge in [-0.3, -0.25) is 9.80 Å². The molecule has 11 heavy (non-hydrogen) atoms. The van der Waals surface area contributed by atoms with Gasteiger partial charge in [-0.25, -0.2) is 10.2 Å². The number of carbonyl (C=O) groups excluding carboxylic acids is 1. The third-order valence-electron chi connectivity index (χ3n) is 1.55. The molecule has 1 heterocycles. The summed E-state index contributed by atoms with van der Waals surface area (Å²) in [5.74, 6) is -0.140. The van der Waals surface area contributed by atoms with E-state index in [1.54, 1.807) is 0 Å². The van der Waals surface area contributed by atoms with E-state index >= 15 is 0 Å². The normalized spacial score (nSPS) is 18.2. The molecule has 0 aliphatic carbocycles. The highest BCUT2D eigenvalue weighted by Gasteiger charge is 2.18. The van der Waals surface area contributed by atoms with Crippen LogP contribution >= 0.6 is 0 Å². The van der Waals surface area contributed by atoms with Gasteiger partial charge in [0.15, 0.2) is 0 Å². The average Bonchev–Trinajstić information content (AvgIpc) is 1.93. The molecule has 2 N–H and O–H groups in total. The zero-order chi connectivity index (χ0) is 8.27. The molecule has 1 aliphatic heterocycles. The van der Waals surface area contributed by atoms with Crippen molar-refractivity contribution in [1.82, 2.24) is 10.4 Å². The van der Waals surface area contributed by atoms with Crippen LogP contribution in [-0.4, -0.2) is 28.7 Å². The van der Waals surface area contributed by atoms with Gasteiger partial charge in [0.25, 0.3) is 0 Å². The van der Waals surface area contributed by atoms with Gasteiger partial charge in [-0.05, 0) is 12.8 Å². The first-order valence-corrected chi connectivity index (χ1v) is 3.50. The Labute approximate surface area is 64.0 Å². The molecule has 1 saturated heterocycles. The highest BCUT2D eigenvalue weighted by atomic mass is 16.4. The van der Waals surface area contributed by atoms with Crippen molar-refractivity contribution in [2.45, 2.75) is 19.3 Å². The molecule has 1 rings (SSSR count). The maximum Gasteiger partial charge on any atom is 0.423 e. The molecule has 0 aromatic carbocycles. The van der Waals surface area contributed by atoms with Crippen LogP contribution in [0.2, 0.25) is 0 Å². The van der Waals surface area contributed by atoms with Gasteiger partial charge < -0.3 is 5.11 Å². The fourth-order valence-corrected chi connectivity index (χ4v) is 1.04. The lowest BCUT2D eigenvalue weighted by molar-refractivity contribution is -0.136. The standard InChI is InChI=1S/C6H10N2O3/c9-5-3-1-2-4-8(5)7-6(10)11/h7H,1-4H2,(H,10,11). The second kappa shape index (κ2) is 3.23. The number of hydrogen-bond donors (Lipinski definition) is 2. The molecule has 1 fully saturated rings. The van der Waals surface area contributed by atoms with Crippen LogP contribution in [0.3, 0.4) is 0 Å². The lowest BCUT2D eigenvalue weighted by Gasteiger charge is -2.25. The topological polar surface area (TPSA) is 69.6 Å². The fourth-order valence-electron chi connectivity index (χ4n) is 1.04. The molecule has 5 heteroatoms. The summed E-state index contributed by atoms with van der Waals surface area (Å²) in [5.41, 5.74) is 2.03. The van der Waals surface area contributed by atoms with E-state index in [1.807, 2.05) is 5.43 Å². The van der Waals surface area contributed by atoms with Crippen LogP contribution in [0, 0.1) is 0 Å². The number of rotatable bonds is 1. The number of nitrogens with one attached hydrogen (secondary N) is 1. The van der Waals surface area contributed by atoms with Crippen LogP contribution in [-0.2, 0) is 4.79 Å². The van der Waals surface area contributed by atoms with Crippen molar-refractivity contribution in [2.75, 3.05) is 6.54 Å². The Kier molecular flexibility index (Phi) is 2.30. The number of hydrogen-bond acceptors (Lipinski definition) is 2. The first-order valence-electron chi connectivity index (χ1n) is 3.50. The van der Waals surface area contributed by atoms with Crippen LogP contribution in [0.5, 0.6) is 0 Å². The molecule has 0 aromatic heterocycles. The van der Waals surface area contributed by atoms with E-state index in [0.29, 0.717) is 13.0 Å². The van der Waals surface area contributed by atoms with Crippen molar-refractivity contribution in [3.63, 3.8) is 0 Å². The molecule has 0 bridgehead atoms. The molecule has 0 saturated carbocycles. The zero-order valence-corrected chi connectivity index (χ0v) is 6.04. The number of nitrogens with zero attached hydrogens (tertiary/aromatic N) is 1. The summed E-state index contributed by atoms with van der Waals surface area (Å²) in [6.07, 6.45) is 0.989. The zero-order valence-electron chi connectivity index (χ0n) is 6.04. The molecule has 0 aromatic rings. The van der Waals surface area contributed by atoms with Gasteiger partial charge in [-0.2, -0.15) is 0 Å². The molecule has 0 atom stereocenters. The Morgan fingerprint density at radius 1 is 1.55 bits per heavy atom. The molecule has 0 unspecified atom stereocenters. The van der Waals surface area contributed by atoms with Gasteiger partial charge in [0, 0.05) is 13.0 Å². The van der Waals surface area contributed by atoms with E-state index in [2.05, 4.69) is 0 Å². The second-order valence-electron chi connectivity index (χ2n) is 2.42. The van der Waals surface area contributed by atoms with Crippen LogP contribution in [0.4, 0.5) is 4.79 Å². The van der Waals surface area contributed by atoms with Crippen molar-refractivity contribution >= 4 is 12.0 Å². The number of amides is 2. The molecule has 62 valence electrons. The molecule has 1 aliphatic rings. The van der Waals surface area contributed by atoms with Crippen LogP contribution in [0.1, 0.15) is 19.3 Å². The van der Waals surface area contributed by atoms with E-state index in [4.69, 9.17) is 5.11 Å². The first kappa shape index (κ1) is 7.84. The Hall–Kier alpha value is -1.26. The van der Waals surface area contributed by atoms with Gasteiger partial charge in [0.1, 0.15) is 0 Å². The molecule has 2 amide bonds. The quantitative estimate of drug-likeness (QED) is 0.572. The van der Waals surface area contributed by atoms with Crippen molar-refractivity contribution in [3.8, 4) is 0 Å². The van der Waals surface area contributed by atoms with E-state index < -0.39 is 6.09 Å². The Morgan fingerprint density at radius 2 is 2.27 bits per heavy atom.